The van der Waals surface area contributed by atoms with E-state index in [0.29, 0.717) is 22.3 Å². The van der Waals surface area contributed by atoms with Gasteiger partial charge in [-0.25, -0.2) is 0 Å². The Balaban J connectivity index is 0.000000239. The van der Waals surface area contributed by atoms with Crippen molar-refractivity contribution in [1.82, 2.24) is 9.88 Å². The molecule has 2 heterocycles. The second-order valence-electron chi connectivity index (χ2n) is 7.62. The molecule has 1 aromatic carbocycles. The molecule has 162 valence electrons. The first-order valence-electron chi connectivity index (χ1n) is 9.83. The summed E-state index contributed by atoms with van der Waals surface area (Å²) in [6, 6.07) is 3.05. The molecule has 1 saturated heterocycles. The molecule has 6 nitrogen and oxygen atoms in total. The Bertz CT molecular complexity index is 975. The highest BCUT2D eigenvalue weighted by Crippen LogP contribution is 2.41. The minimum absolute atomic E-state index is 0.0314. The van der Waals surface area contributed by atoms with Gasteiger partial charge < -0.3 is 21.4 Å². The number of carbonyl (C=O) groups is 2. The molecule has 0 bridgehead atoms. The van der Waals surface area contributed by atoms with Gasteiger partial charge in [-0.15, -0.1) is 0 Å². The summed E-state index contributed by atoms with van der Waals surface area (Å²) in [6.07, 6.45) is -0.335. The fraction of sp³-hybridized carbons (Fsp3) is 0.429. The number of primary amides is 1. The highest BCUT2D eigenvalue weighted by Gasteiger charge is 2.42. The molecule has 9 heteroatoms. The first-order valence-corrected chi connectivity index (χ1v) is 9.83. The average Bonchev–Trinajstić information content (AvgIpc) is 3.35. The van der Waals surface area contributed by atoms with Gasteiger partial charge in [0, 0.05) is 29.9 Å². The van der Waals surface area contributed by atoms with Crippen LogP contribution < -0.4 is 11.5 Å². The molecule has 1 fully saturated rings. The number of aromatic nitrogens is 1. The van der Waals surface area contributed by atoms with Crippen LogP contribution in [0.25, 0.3) is 10.9 Å². The number of aryl methyl sites for hydroxylation is 1. The average molecular weight is 422 g/mol. The van der Waals surface area contributed by atoms with E-state index in [0.717, 1.165) is 31.5 Å². The Kier molecular flexibility index (Phi) is 6.09. The minimum Gasteiger partial charge on any atom is -0.398 e. The van der Waals surface area contributed by atoms with E-state index in [1.165, 1.54) is 12.1 Å². The molecule has 0 radical (unpaired) electrons. The van der Waals surface area contributed by atoms with Crippen LogP contribution in [0.3, 0.4) is 0 Å². The number of nitrogens with one attached hydrogen (secondary N) is 1. The van der Waals surface area contributed by atoms with Gasteiger partial charge in [0.05, 0.1) is 17.0 Å². The van der Waals surface area contributed by atoms with E-state index in [-0.39, 0.29) is 30.7 Å². The Labute approximate surface area is 172 Å². The molecular weight excluding hydrogens is 397 g/mol. The number of aromatic amines is 1. The van der Waals surface area contributed by atoms with Crippen LogP contribution in [0.15, 0.2) is 24.8 Å². The Hall–Kier alpha value is -2.97. The van der Waals surface area contributed by atoms with Crippen LogP contribution in [0.5, 0.6) is 0 Å². The van der Waals surface area contributed by atoms with E-state index < -0.39 is 18.0 Å². The lowest BCUT2D eigenvalue weighted by atomic mass is 9.86. The topological polar surface area (TPSA) is 105 Å². The van der Waals surface area contributed by atoms with Crippen LogP contribution in [0, 0.1) is 5.92 Å². The van der Waals surface area contributed by atoms with E-state index in [1.54, 1.807) is 6.07 Å². The van der Waals surface area contributed by atoms with E-state index in [1.807, 2.05) is 4.90 Å². The molecule has 0 saturated carbocycles. The first-order chi connectivity index (χ1) is 14.1. The van der Waals surface area contributed by atoms with Crippen molar-refractivity contribution in [1.29, 1.82) is 0 Å². The van der Waals surface area contributed by atoms with Gasteiger partial charge in [-0.1, -0.05) is 6.58 Å². The highest BCUT2D eigenvalue weighted by molar-refractivity contribution is 6.09. The van der Waals surface area contributed by atoms with Crippen molar-refractivity contribution in [3.63, 3.8) is 0 Å². The summed E-state index contributed by atoms with van der Waals surface area (Å²) in [5, 5.41) is 0.627. The molecule has 30 heavy (non-hydrogen) atoms. The molecule has 2 aromatic rings. The molecule has 1 unspecified atom stereocenters. The maximum Gasteiger partial charge on any atom is 0.392 e. The van der Waals surface area contributed by atoms with Gasteiger partial charge in [-0.2, -0.15) is 13.2 Å². The molecule has 5 N–H and O–H groups in total. The number of halogens is 3. The monoisotopic (exact) mass is 422 g/mol. The summed E-state index contributed by atoms with van der Waals surface area (Å²) in [5.74, 6) is -1.92. The largest absolute Gasteiger partial charge is 0.398 e. The van der Waals surface area contributed by atoms with Crippen molar-refractivity contribution in [2.45, 2.75) is 38.3 Å². The SMILES string of the molecule is C=CC(=O)N1CCCC1.NC(=O)c1ccc(N)c2c3c([nH]c12)CC(C(F)(F)F)CC3. The van der Waals surface area contributed by atoms with Crippen LogP contribution in [0.1, 0.15) is 40.9 Å². The highest BCUT2D eigenvalue weighted by atomic mass is 19.4. The summed E-state index contributed by atoms with van der Waals surface area (Å²) in [4.78, 5) is 27.0. The Morgan fingerprint density at radius 3 is 2.47 bits per heavy atom. The number of hydrogen-bond acceptors (Lipinski definition) is 3. The third-order valence-corrected chi connectivity index (χ3v) is 5.69. The maximum atomic E-state index is 12.9. The zero-order valence-corrected chi connectivity index (χ0v) is 16.5. The van der Waals surface area contributed by atoms with Crippen LogP contribution in [0.4, 0.5) is 18.9 Å². The number of nitrogens with two attached hydrogens (primary N) is 2. The van der Waals surface area contributed by atoms with Crippen LogP contribution in [-0.4, -0.2) is 41.0 Å². The maximum absolute atomic E-state index is 12.9. The van der Waals surface area contributed by atoms with Crippen LogP contribution in [0.2, 0.25) is 0 Å². The van der Waals surface area contributed by atoms with Gasteiger partial charge in [-0.05, 0) is 55.9 Å². The van der Waals surface area contributed by atoms with E-state index in [9.17, 15) is 22.8 Å². The lowest BCUT2D eigenvalue weighted by Crippen LogP contribution is -2.28. The van der Waals surface area contributed by atoms with Crippen molar-refractivity contribution in [3.8, 4) is 0 Å². The quantitative estimate of drug-likeness (QED) is 0.511. The number of fused-ring (bicyclic) bond motifs is 3. The number of alkyl halides is 3. The normalized spacial score (nSPS) is 18.5. The van der Waals surface area contributed by atoms with Gasteiger partial charge >= 0.3 is 6.18 Å². The fourth-order valence-corrected chi connectivity index (χ4v) is 4.12. The van der Waals surface area contributed by atoms with Gasteiger partial charge in [0.15, 0.2) is 0 Å². The van der Waals surface area contributed by atoms with Gasteiger partial charge in [0.1, 0.15) is 0 Å². The number of amides is 2. The summed E-state index contributed by atoms with van der Waals surface area (Å²) in [5.41, 5.74) is 13.6. The van der Waals surface area contributed by atoms with Crippen LogP contribution >= 0.6 is 0 Å². The molecule has 1 atom stereocenters. The standard InChI is InChI=1S/C14H14F3N3O.C7H11NO/c15-14(16,17)6-1-2-7-10(5-6)20-12-8(13(19)21)3-4-9(18)11(7)12;1-2-7(9)8-5-3-4-6-8/h3-4,6,20H,1-2,5,18H2,(H2,19,21);2H,1,3-6H2. The molecule has 2 aliphatic rings. The first kappa shape index (κ1) is 21.7. The molecule has 1 aromatic heterocycles. The predicted molar refractivity (Wildman–Crippen MR) is 109 cm³/mol. The van der Waals surface area contributed by atoms with Crippen molar-refractivity contribution >= 4 is 28.4 Å². The predicted octanol–water partition coefficient (Wildman–Crippen LogP) is 3.31. The molecular formula is C21H25F3N4O2. The van der Waals surface area contributed by atoms with E-state index >= 15 is 0 Å². The van der Waals surface area contributed by atoms with Gasteiger partial charge in [-0.3, -0.25) is 9.59 Å². The number of rotatable bonds is 2. The number of likely N-dealkylation sites (tertiary alicyclic amines) is 1. The van der Waals surface area contributed by atoms with Crippen molar-refractivity contribution in [2.75, 3.05) is 18.8 Å². The smallest absolute Gasteiger partial charge is 0.392 e. The van der Waals surface area contributed by atoms with Crippen molar-refractivity contribution in [2.24, 2.45) is 11.7 Å². The third-order valence-electron chi connectivity index (χ3n) is 5.69. The number of benzene rings is 1. The number of hydrogen-bond donors (Lipinski definition) is 3. The lowest BCUT2D eigenvalue weighted by molar-refractivity contribution is -0.177. The van der Waals surface area contributed by atoms with E-state index in [4.69, 9.17) is 11.5 Å². The summed E-state index contributed by atoms with van der Waals surface area (Å²) < 4.78 is 38.6. The molecule has 0 spiro atoms. The fourth-order valence-electron chi connectivity index (χ4n) is 4.12. The zero-order valence-electron chi connectivity index (χ0n) is 16.5. The van der Waals surface area contributed by atoms with Gasteiger partial charge in [0.25, 0.3) is 5.91 Å². The molecule has 1 aliphatic heterocycles. The summed E-state index contributed by atoms with van der Waals surface area (Å²) >= 11 is 0. The minimum atomic E-state index is -4.22. The number of carbonyl (C=O) groups excluding carboxylic acids is 2. The zero-order chi connectivity index (χ0) is 22.1. The van der Waals surface area contributed by atoms with E-state index in [2.05, 4.69) is 11.6 Å². The molecule has 2 amide bonds. The number of anilines is 1. The van der Waals surface area contributed by atoms with Crippen LogP contribution in [-0.2, 0) is 17.6 Å². The third kappa shape index (κ3) is 4.29. The van der Waals surface area contributed by atoms with Crippen molar-refractivity contribution < 1.29 is 22.8 Å². The Morgan fingerprint density at radius 1 is 1.23 bits per heavy atom. The summed E-state index contributed by atoms with van der Waals surface area (Å²) in [6.45, 7) is 5.26. The second-order valence-corrected chi connectivity index (χ2v) is 7.62. The van der Waals surface area contributed by atoms with Gasteiger partial charge in [0.2, 0.25) is 5.91 Å². The molecule has 1 aliphatic carbocycles. The molecule has 4 rings (SSSR count). The van der Waals surface area contributed by atoms with Crippen molar-refractivity contribution in [3.05, 3.63) is 41.6 Å². The summed E-state index contributed by atoms with van der Waals surface area (Å²) in [7, 11) is 0. The lowest BCUT2D eigenvalue weighted by Gasteiger charge is -2.24. The second kappa shape index (κ2) is 8.41. The number of H-pyrrole nitrogens is 1. The number of nitrogens with zero attached hydrogens (tertiary/aromatic N) is 1. The number of nitrogen functional groups attached to an aromatic ring is 1. The Morgan fingerprint density at radius 2 is 1.90 bits per heavy atom.